The summed E-state index contributed by atoms with van der Waals surface area (Å²) in [6.45, 7) is 0. The topological polar surface area (TPSA) is 78.0 Å². The van der Waals surface area contributed by atoms with Crippen LogP contribution in [0.2, 0.25) is 0 Å². The van der Waals surface area contributed by atoms with Crippen LogP contribution in [0.25, 0.3) is 0 Å². The fourth-order valence-corrected chi connectivity index (χ4v) is 3.10. The van der Waals surface area contributed by atoms with Crippen LogP contribution >= 0.6 is 0 Å². The fourth-order valence-electron chi connectivity index (χ4n) is 1.90. The van der Waals surface area contributed by atoms with E-state index in [9.17, 15) is 34.8 Å². The van der Waals surface area contributed by atoms with Crippen LogP contribution in [0, 0.1) is 0 Å². The first-order chi connectivity index (χ1) is 10.3. The highest BCUT2D eigenvalue weighted by Crippen LogP contribution is 2.40. The molecule has 0 aliphatic heterocycles. The summed E-state index contributed by atoms with van der Waals surface area (Å²) >= 11 is 0. The van der Waals surface area contributed by atoms with Crippen molar-refractivity contribution in [2.75, 3.05) is 0 Å². The van der Waals surface area contributed by atoms with Crippen LogP contribution in [-0.4, -0.2) is 23.2 Å². The Bertz CT molecular complexity index is 804. The molecule has 2 aromatic heterocycles. The molecule has 128 valence electrons. The molecule has 2 rings (SSSR count). The minimum absolute atomic E-state index is 0.0523. The van der Waals surface area contributed by atoms with E-state index in [-0.39, 0.29) is 4.68 Å². The molecule has 23 heavy (non-hydrogen) atoms. The van der Waals surface area contributed by atoms with E-state index >= 15 is 0 Å². The number of nitrogens with zero attached hydrogens (tertiary/aromatic N) is 3. The fraction of sp³-hybridized carbons (Fsp3) is 0.400. The zero-order valence-corrected chi connectivity index (χ0v) is 11.9. The van der Waals surface area contributed by atoms with Gasteiger partial charge in [-0.1, -0.05) is 0 Å². The smallest absolute Gasteiger partial charge is 0.435 e. The normalized spacial score (nSPS) is 13.5. The summed E-state index contributed by atoms with van der Waals surface area (Å²) in [4.78, 5) is 3.23. The Morgan fingerprint density at radius 1 is 1.17 bits per heavy atom. The molecule has 0 atom stereocenters. The van der Waals surface area contributed by atoms with Crippen molar-refractivity contribution in [3.05, 3.63) is 29.4 Å². The van der Waals surface area contributed by atoms with Gasteiger partial charge in [0.05, 0.1) is 11.9 Å². The number of oxazole rings is 1. The Morgan fingerprint density at radius 3 is 2.22 bits per heavy atom. The molecule has 0 radical (unpaired) electrons. The molecule has 0 aromatic carbocycles. The average molecular weight is 363 g/mol. The second-order valence-electron chi connectivity index (χ2n) is 4.35. The summed E-state index contributed by atoms with van der Waals surface area (Å²) in [6, 6.07) is 0. The van der Waals surface area contributed by atoms with Gasteiger partial charge in [0.25, 0.3) is 0 Å². The maximum Gasteiger partial charge on any atom is 0.435 e. The van der Waals surface area contributed by atoms with E-state index in [4.69, 9.17) is 0 Å². The van der Waals surface area contributed by atoms with Crippen LogP contribution in [-0.2, 0) is 35.0 Å². The molecule has 2 heterocycles. The van der Waals surface area contributed by atoms with Crippen molar-refractivity contribution in [1.29, 1.82) is 0 Å². The minimum Gasteiger partial charge on any atom is -0.437 e. The largest absolute Gasteiger partial charge is 0.437 e. The van der Waals surface area contributed by atoms with Gasteiger partial charge in [0.2, 0.25) is 9.84 Å². The van der Waals surface area contributed by atoms with Crippen molar-refractivity contribution in [2.45, 2.75) is 23.3 Å². The first-order valence-electron chi connectivity index (χ1n) is 5.66. The average Bonchev–Trinajstić information content (AvgIpc) is 2.94. The number of hydrogen-bond donors (Lipinski definition) is 0. The van der Waals surface area contributed by atoms with Gasteiger partial charge >= 0.3 is 17.6 Å². The molecule has 0 saturated heterocycles. The molecule has 13 heteroatoms. The predicted molar refractivity (Wildman–Crippen MR) is 60.6 cm³/mol. The summed E-state index contributed by atoms with van der Waals surface area (Å²) < 4.78 is 106. The molecular formula is C10H7F6N3O3S. The third-order valence-corrected chi connectivity index (χ3v) is 4.09. The maximum atomic E-state index is 13.0. The van der Waals surface area contributed by atoms with Gasteiger partial charge in [0, 0.05) is 12.6 Å². The molecule has 0 N–H and O–H groups in total. The molecule has 0 amide bonds. The highest BCUT2D eigenvalue weighted by Gasteiger charge is 2.47. The number of halogens is 6. The Hall–Kier alpha value is -2.05. The molecule has 0 spiro atoms. The second-order valence-corrected chi connectivity index (χ2v) is 6.22. The van der Waals surface area contributed by atoms with E-state index in [2.05, 4.69) is 14.5 Å². The zero-order valence-electron chi connectivity index (χ0n) is 11.1. The Morgan fingerprint density at radius 2 is 1.78 bits per heavy atom. The van der Waals surface area contributed by atoms with Gasteiger partial charge in [-0.25, -0.2) is 13.4 Å². The minimum atomic E-state index is -5.26. The molecule has 0 aliphatic carbocycles. The van der Waals surface area contributed by atoms with Gasteiger partial charge in [-0.05, 0) is 0 Å². The summed E-state index contributed by atoms with van der Waals surface area (Å²) in [6.07, 6.45) is -8.77. The van der Waals surface area contributed by atoms with Crippen molar-refractivity contribution >= 4 is 9.84 Å². The van der Waals surface area contributed by atoms with E-state index in [0.29, 0.717) is 7.05 Å². The lowest BCUT2D eigenvalue weighted by atomic mass is 10.2. The molecule has 2 aromatic rings. The van der Waals surface area contributed by atoms with E-state index in [1.807, 2.05) is 0 Å². The third kappa shape index (κ3) is 3.33. The second kappa shape index (κ2) is 5.25. The lowest BCUT2D eigenvalue weighted by Crippen LogP contribution is -2.17. The summed E-state index contributed by atoms with van der Waals surface area (Å²) in [5.74, 6) is -1.61. The van der Waals surface area contributed by atoms with Gasteiger partial charge in [0.15, 0.2) is 5.69 Å². The first-order valence-corrected chi connectivity index (χ1v) is 7.32. The Kier molecular flexibility index (Phi) is 3.95. The Balaban J connectivity index is 2.65. The van der Waals surface area contributed by atoms with Crippen LogP contribution in [0.3, 0.4) is 0 Å². The van der Waals surface area contributed by atoms with Crippen molar-refractivity contribution in [3.8, 4) is 0 Å². The van der Waals surface area contributed by atoms with Gasteiger partial charge in [0.1, 0.15) is 12.0 Å². The van der Waals surface area contributed by atoms with Crippen LogP contribution < -0.4 is 0 Å². The van der Waals surface area contributed by atoms with E-state index in [0.717, 1.165) is 12.5 Å². The number of hydrogen-bond acceptors (Lipinski definition) is 5. The molecule has 0 bridgehead atoms. The van der Waals surface area contributed by atoms with Gasteiger partial charge in [-0.3, -0.25) is 4.68 Å². The van der Waals surface area contributed by atoms with Gasteiger partial charge < -0.3 is 4.42 Å². The van der Waals surface area contributed by atoms with E-state index in [1.165, 1.54) is 0 Å². The number of rotatable bonds is 3. The third-order valence-electron chi connectivity index (χ3n) is 2.69. The van der Waals surface area contributed by atoms with Crippen molar-refractivity contribution in [3.63, 3.8) is 0 Å². The Labute approximate surface area is 124 Å². The molecule has 6 nitrogen and oxygen atoms in total. The molecule has 0 fully saturated rings. The zero-order chi connectivity index (χ0) is 17.6. The van der Waals surface area contributed by atoms with Crippen LogP contribution in [0.5, 0.6) is 0 Å². The summed E-state index contributed by atoms with van der Waals surface area (Å²) in [5.41, 5.74) is -5.24. The van der Waals surface area contributed by atoms with E-state index in [1.54, 1.807) is 0 Å². The lowest BCUT2D eigenvalue weighted by molar-refractivity contribution is -0.144. The van der Waals surface area contributed by atoms with Crippen molar-refractivity contribution < 1.29 is 39.2 Å². The molecule has 0 saturated carbocycles. The summed E-state index contributed by atoms with van der Waals surface area (Å²) in [7, 11) is -4.02. The van der Waals surface area contributed by atoms with Crippen LogP contribution in [0.1, 0.15) is 17.0 Å². The summed E-state index contributed by atoms with van der Waals surface area (Å²) in [5, 5.41) is 1.79. The van der Waals surface area contributed by atoms with Crippen molar-refractivity contribution in [1.82, 2.24) is 14.8 Å². The SMILES string of the molecule is Cn1nc(C(F)(F)F)c(CS(=O)(=O)c2ncco2)c1C(F)(F)F. The molecule has 0 unspecified atom stereocenters. The molecule has 0 aliphatic rings. The number of aromatic nitrogens is 3. The number of alkyl halides is 6. The lowest BCUT2D eigenvalue weighted by Gasteiger charge is -2.11. The standard InChI is InChI=1S/C10H7F6N3O3S/c1-19-7(10(14,15)16)5(6(18-19)9(11,12)13)4-23(20,21)8-17-2-3-22-8/h2-3H,4H2,1H3. The van der Waals surface area contributed by atoms with Crippen molar-refractivity contribution in [2.24, 2.45) is 7.05 Å². The highest BCUT2D eigenvalue weighted by atomic mass is 32.2. The first kappa shape index (κ1) is 17.3. The maximum absolute atomic E-state index is 13.0. The number of aryl methyl sites for hydroxylation is 1. The molecular weight excluding hydrogens is 356 g/mol. The number of sulfone groups is 1. The predicted octanol–water partition coefficient (Wildman–Crippen LogP) is 2.42. The van der Waals surface area contributed by atoms with Gasteiger partial charge in [-0.15, -0.1) is 0 Å². The van der Waals surface area contributed by atoms with E-state index < -0.39 is 50.1 Å². The quantitative estimate of drug-likeness (QED) is 0.783. The van der Waals surface area contributed by atoms with Crippen LogP contribution in [0.15, 0.2) is 22.1 Å². The van der Waals surface area contributed by atoms with Crippen LogP contribution in [0.4, 0.5) is 26.3 Å². The monoisotopic (exact) mass is 363 g/mol. The van der Waals surface area contributed by atoms with Gasteiger partial charge in [-0.2, -0.15) is 31.4 Å². The highest BCUT2D eigenvalue weighted by molar-refractivity contribution is 7.90.